The van der Waals surface area contributed by atoms with Crippen LogP contribution in [0.3, 0.4) is 0 Å². The van der Waals surface area contributed by atoms with Crippen LogP contribution < -0.4 is 11.2 Å². The van der Waals surface area contributed by atoms with Gasteiger partial charge in [-0.05, 0) is 25.1 Å². The fourth-order valence-electron chi connectivity index (χ4n) is 2.34. The van der Waals surface area contributed by atoms with Gasteiger partial charge in [0, 0.05) is 18.2 Å². The molecule has 7 nitrogen and oxygen atoms in total. The number of rotatable bonds is 4. The molecule has 8 heteroatoms. The molecule has 0 spiro atoms. The molecule has 136 valence electrons. The van der Waals surface area contributed by atoms with Crippen LogP contribution >= 0.6 is 0 Å². The van der Waals surface area contributed by atoms with Crippen molar-refractivity contribution >= 4 is 8.32 Å². The first-order valence-corrected chi connectivity index (χ1v) is 11.1. The largest absolute Gasteiger partial charge is 0.414 e. The molecule has 0 saturated carbocycles. The molecule has 1 fully saturated rings. The minimum atomic E-state index is -1.94. The Bertz CT molecular complexity index is 704. The summed E-state index contributed by atoms with van der Waals surface area (Å²) in [5.41, 5.74) is -0.518. The first kappa shape index (κ1) is 19.1. The Balaban J connectivity index is 2.09. The van der Waals surface area contributed by atoms with Gasteiger partial charge in [-0.1, -0.05) is 20.8 Å². The highest BCUT2D eigenvalue weighted by Gasteiger charge is 2.41. The quantitative estimate of drug-likeness (QED) is 0.798. The number of aliphatic hydroxyl groups is 1. The number of aromatic amines is 1. The first-order valence-electron chi connectivity index (χ1n) is 8.22. The van der Waals surface area contributed by atoms with Gasteiger partial charge in [-0.15, -0.1) is 0 Å². The lowest BCUT2D eigenvalue weighted by Crippen LogP contribution is -2.43. The Labute approximate surface area is 142 Å². The third-order valence-corrected chi connectivity index (χ3v) is 9.58. The molecule has 0 radical (unpaired) electrons. The van der Waals surface area contributed by atoms with E-state index in [4.69, 9.17) is 9.16 Å². The molecule has 0 amide bonds. The summed E-state index contributed by atoms with van der Waals surface area (Å²) in [6, 6.07) is 0. The van der Waals surface area contributed by atoms with Crippen LogP contribution in [0.2, 0.25) is 18.1 Å². The lowest BCUT2D eigenvalue weighted by atomic mass is 10.2. The van der Waals surface area contributed by atoms with E-state index in [1.165, 1.54) is 10.8 Å². The van der Waals surface area contributed by atoms with Crippen LogP contribution in [0.1, 0.15) is 39.0 Å². The maximum atomic E-state index is 12.0. The van der Waals surface area contributed by atoms with Gasteiger partial charge < -0.3 is 14.3 Å². The third-order valence-electron chi connectivity index (χ3n) is 5.07. The fraction of sp³-hybridized carbons (Fsp3) is 0.750. The van der Waals surface area contributed by atoms with Gasteiger partial charge in [-0.25, -0.2) is 4.79 Å². The normalized spacial score (nSPS) is 25.2. The number of hydrogen-bond acceptors (Lipinski definition) is 5. The van der Waals surface area contributed by atoms with Crippen LogP contribution in [0.5, 0.6) is 0 Å². The summed E-state index contributed by atoms with van der Waals surface area (Å²) < 4.78 is 13.3. The molecule has 2 N–H and O–H groups in total. The molecule has 3 unspecified atom stereocenters. The van der Waals surface area contributed by atoms with Gasteiger partial charge in [-0.3, -0.25) is 14.3 Å². The number of aryl methyl sites for hydroxylation is 1. The molecular formula is C16H28N2O5Si. The van der Waals surface area contributed by atoms with Gasteiger partial charge in [0.1, 0.15) is 12.3 Å². The molecule has 0 bridgehead atoms. The number of ether oxygens (including phenoxy) is 1. The summed E-state index contributed by atoms with van der Waals surface area (Å²) in [7, 11) is -1.94. The van der Waals surface area contributed by atoms with E-state index in [1.807, 2.05) is 0 Å². The maximum Gasteiger partial charge on any atom is 0.330 e. The summed E-state index contributed by atoms with van der Waals surface area (Å²) in [5.74, 6) is 0. The second kappa shape index (κ2) is 6.59. The van der Waals surface area contributed by atoms with Crippen molar-refractivity contribution in [1.82, 2.24) is 9.55 Å². The molecule has 1 saturated heterocycles. The highest BCUT2D eigenvalue weighted by atomic mass is 28.4. The Morgan fingerprint density at radius 3 is 2.62 bits per heavy atom. The zero-order valence-corrected chi connectivity index (χ0v) is 16.3. The van der Waals surface area contributed by atoms with Crippen LogP contribution in [-0.4, -0.2) is 41.8 Å². The Hall–Kier alpha value is -1.22. The van der Waals surface area contributed by atoms with Crippen molar-refractivity contribution in [3.63, 3.8) is 0 Å². The van der Waals surface area contributed by atoms with E-state index >= 15 is 0 Å². The summed E-state index contributed by atoms with van der Waals surface area (Å²) in [4.78, 5) is 25.7. The Kier molecular flexibility index (Phi) is 5.24. The van der Waals surface area contributed by atoms with Crippen molar-refractivity contribution < 1.29 is 14.3 Å². The summed E-state index contributed by atoms with van der Waals surface area (Å²) >= 11 is 0. The van der Waals surface area contributed by atoms with Gasteiger partial charge in [0.25, 0.3) is 5.56 Å². The van der Waals surface area contributed by atoms with Gasteiger partial charge in [0.05, 0.1) is 12.7 Å². The monoisotopic (exact) mass is 356 g/mol. The lowest BCUT2D eigenvalue weighted by Gasteiger charge is -2.37. The average Bonchev–Trinajstić information content (AvgIpc) is 2.80. The van der Waals surface area contributed by atoms with Crippen LogP contribution in [-0.2, 0) is 9.16 Å². The van der Waals surface area contributed by atoms with Gasteiger partial charge in [-0.2, -0.15) is 0 Å². The number of aliphatic hydroxyl groups excluding tert-OH is 1. The molecule has 1 aliphatic rings. The molecule has 1 aromatic rings. The molecule has 0 aromatic carbocycles. The first-order chi connectivity index (χ1) is 10.9. The smallest absolute Gasteiger partial charge is 0.330 e. The van der Waals surface area contributed by atoms with Crippen LogP contribution in [0.25, 0.3) is 0 Å². The zero-order chi connectivity index (χ0) is 18.3. The highest BCUT2D eigenvalue weighted by molar-refractivity contribution is 6.74. The van der Waals surface area contributed by atoms with E-state index in [0.29, 0.717) is 12.2 Å². The number of nitrogens with one attached hydrogen (secondary N) is 1. The number of hydrogen-bond donors (Lipinski definition) is 2. The van der Waals surface area contributed by atoms with Gasteiger partial charge in [0.2, 0.25) is 0 Å². The molecule has 3 atom stereocenters. The minimum absolute atomic E-state index is 0.0723. The predicted molar refractivity (Wildman–Crippen MR) is 93.7 cm³/mol. The summed E-state index contributed by atoms with van der Waals surface area (Å²) in [6.07, 6.45) is -0.0368. The van der Waals surface area contributed by atoms with E-state index < -0.39 is 38.0 Å². The maximum absolute atomic E-state index is 12.0. The molecule has 1 aliphatic heterocycles. The SMILES string of the molecule is Cc1cn(C2CC(O)C(CO[Si](C)(C)C(C)(C)C)O2)c(=O)[nH]c1=O. The van der Waals surface area contributed by atoms with E-state index in [9.17, 15) is 14.7 Å². The van der Waals surface area contributed by atoms with Crippen molar-refractivity contribution in [2.75, 3.05) is 6.61 Å². The molecule has 0 aliphatic carbocycles. The Morgan fingerprint density at radius 1 is 1.42 bits per heavy atom. The van der Waals surface area contributed by atoms with E-state index in [1.54, 1.807) is 6.92 Å². The van der Waals surface area contributed by atoms with Crippen molar-refractivity contribution in [3.8, 4) is 0 Å². The lowest BCUT2D eigenvalue weighted by molar-refractivity contribution is -0.0433. The second-order valence-electron chi connectivity index (χ2n) is 7.98. The molecule has 2 rings (SSSR count). The van der Waals surface area contributed by atoms with Crippen molar-refractivity contribution in [2.45, 2.75) is 70.7 Å². The molecule has 1 aromatic heterocycles. The highest BCUT2D eigenvalue weighted by Crippen LogP contribution is 2.37. The molecule has 24 heavy (non-hydrogen) atoms. The van der Waals surface area contributed by atoms with E-state index in [0.717, 1.165) is 0 Å². The van der Waals surface area contributed by atoms with Crippen molar-refractivity contribution in [2.24, 2.45) is 0 Å². The van der Waals surface area contributed by atoms with Crippen LogP contribution in [0.4, 0.5) is 0 Å². The van der Waals surface area contributed by atoms with Crippen LogP contribution in [0, 0.1) is 6.92 Å². The number of aromatic nitrogens is 2. The topological polar surface area (TPSA) is 93.6 Å². The van der Waals surface area contributed by atoms with E-state index in [-0.39, 0.29) is 11.5 Å². The standard InChI is InChI=1S/C16H28N2O5Si/c1-10-8-18(15(21)17-14(10)20)13-7-11(19)12(23-13)9-22-24(5,6)16(2,3)4/h8,11-13,19H,7,9H2,1-6H3,(H,17,20,21). The fourth-order valence-corrected chi connectivity index (χ4v) is 3.36. The average molecular weight is 356 g/mol. The predicted octanol–water partition coefficient (Wildman–Crippen LogP) is 1.52. The van der Waals surface area contributed by atoms with Gasteiger partial charge in [0.15, 0.2) is 8.32 Å². The minimum Gasteiger partial charge on any atom is -0.414 e. The van der Waals surface area contributed by atoms with Crippen LogP contribution in [0.15, 0.2) is 15.8 Å². The number of H-pyrrole nitrogens is 1. The van der Waals surface area contributed by atoms with Crippen molar-refractivity contribution in [1.29, 1.82) is 0 Å². The molecular weight excluding hydrogens is 328 g/mol. The third kappa shape index (κ3) is 3.88. The summed E-state index contributed by atoms with van der Waals surface area (Å²) in [5, 5.41) is 10.3. The zero-order valence-electron chi connectivity index (χ0n) is 15.3. The molecule has 2 heterocycles. The Morgan fingerprint density at radius 2 is 2.04 bits per heavy atom. The van der Waals surface area contributed by atoms with Crippen molar-refractivity contribution in [3.05, 3.63) is 32.6 Å². The van der Waals surface area contributed by atoms with E-state index in [2.05, 4.69) is 38.8 Å². The number of nitrogens with zero attached hydrogens (tertiary/aromatic N) is 1. The summed E-state index contributed by atoms with van der Waals surface area (Å²) in [6.45, 7) is 12.6. The second-order valence-corrected chi connectivity index (χ2v) is 12.8. The van der Waals surface area contributed by atoms with Gasteiger partial charge >= 0.3 is 5.69 Å².